The monoisotopic (exact) mass is 413 g/mol. The standard InChI is InChI=1S/C22H27N3O3S/c1-18-13-15-21(16-14-18)29(27,28)25(20-11-7-4-8-12-20)17-22(26)24-23-19-9-5-2-3-6-10-19/h4,7-8,11-16H,2-3,5-6,9-10,17H2,1H3,(H,24,26). The third-order valence-electron chi connectivity index (χ3n) is 4.96. The Bertz CT molecular complexity index is 945. The van der Waals surface area contributed by atoms with Crippen molar-refractivity contribution in [1.29, 1.82) is 0 Å². The van der Waals surface area contributed by atoms with Gasteiger partial charge in [0.15, 0.2) is 0 Å². The molecule has 0 spiro atoms. The summed E-state index contributed by atoms with van der Waals surface area (Å²) in [6.07, 6.45) is 6.28. The maximum absolute atomic E-state index is 13.2. The molecule has 1 aliphatic carbocycles. The highest BCUT2D eigenvalue weighted by Crippen LogP contribution is 2.23. The lowest BCUT2D eigenvalue weighted by atomic mass is 10.2. The van der Waals surface area contributed by atoms with Crippen LogP contribution in [0.4, 0.5) is 5.69 Å². The van der Waals surface area contributed by atoms with Crippen LogP contribution in [0.3, 0.4) is 0 Å². The molecule has 2 aromatic rings. The minimum atomic E-state index is -3.89. The second-order valence-electron chi connectivity index (χ2n) is 7.29. The molecule has 1 aliphatic rings. The average molecular weight is 414 g/mol. The van der Waals surface area contributed by atoms with Gasteiger partial charge in [0.1, 0.15) is 6.54 Å². The second-order valence-corrected chi connectivity index (χ2v) is 9.15. The number of hydrazone groups is 1. The molecule has 0 aliphatic heterocycles. The zero-order valence-corrected chi connectivity index (χ0v) is 17.5. The lowest BCUT2D eigenvalue weighted by molar-refractivity contribution is -0.119. The molecule has 0 saturated heterocycles. The highest BCUT2D eigenvalue weighted by atomic mass is 32.2. The Morgan fingerprint density at radius 2 is 1.59 bits per heavy atom. The van der Waals surface area contributed by atoms with Crippen molar-refractivity contribution < 1.29 is 13.2 Å². The lowest BCUT2D eigenvalue weighted by Gasteiger charge is -2.23. The molecule has 154 valence electrons. The molecule has 7 heteroatoms. The maximum Gasteiger partial charge on any atom is 0.264 e. The number of para-hydroxylation sites is 1. The van der Waals surface area contributed by atoms with Crippen molar-refractivity contribution in [2.75, 3.05) is 10.8 Å². The Morgan fingerprint density at radius 1 is 0.966 bits per heavy atom. The third kappa shape index (κ3) is 5.67. The van der Waals surface area contributed by atoms with Crippen molar-refractivity contribution in [1.82, 2.24) is 5.43 Å². The summed E-state index contributed by atoms with van der Waals surface area (Å²) >= 11 is 0. The quantitative estimate of drug-likeness (QED) is 0.574. The molecular formula is C22H27N3O3S. The largest absolute Gasteiger partial charge is 0.271 e. The van der Waals surface area contributed by atoms with Crippen LogP contribution in [0, 0.1) is 6.92 Å². The minimum Gasteiger partial charge on any atom is -0.271 e. The van der Waals surface area contributed by atoms with E-state index in [2.05, 4.69) is 10.5 Å². The predicted molar refractivity (Wildman–Crippen MR) is 115 cm³/mol. The number of hydrogen-bond acceptors (Lipinski definition) is 4. The number of amides is 1. The van der Waals surface area contributed by atoms with Gasteiger partial charge in [0.25, 0.3) is 15.9 Å². The lowest BCUT2D eigenvalue weighted by Crippen LogP contribution is -2.39. The Morgan fingerprint density at radius 3 is 2.21 bits per heavy atom. The minimum absolute atomic E-state index is 0.148. The van der Waals surface area contributed by atoms with E-state index < -0.39 is 15.9 Å². The Labute approximate surface area is 172 Å². The van der Waals surface area contributed by atoms with Crippen molar-refractivity contribution in [2.24, 2.45) is 5.10 Å². The number of carbonyl (C=O) groups excluding carboxylic acids is 1. The van der Waals surface area contributed by atoms with Crippen molar-refractivity contribution in [3.8, 4) is 0 Å². The summed E-state index contributed by atoms with van der Waals surface area (Å²) in [6, 6.07) is 15.3. The fourth-order valence-electron chi connectivity index (χ4n) is 3.30. The zero-order valence-electron chi connectivity index (χ0n) is 16.7. The van der Waals surface area contributed by atoms with Crippen molar-refractivity contribution in [2.45, 2.75) is 50.3 Å². The van der Waals surface area contributed by atoms with Crippen LogP contribution in [0.25, 0.3) is 0 Å². The highest BCUT2D eigenvalue weighted by molar-refractivity contribution is 7.92. The van der Waals surface area contributed by atoms with Crippen LogP contribution < -0.4 is 9.73 Å². The third-order valence-corrected chi connectivity index (χ3v) is 6.75. The molecule has 0 unspecified atom stereocenters. The predicted octanol–water partition coefficient (Wildman–Crippen LogP) is 4.02. The number of aryl methyl sites for hydroxylation is 1. The fourth-order valence-corrected chi connectivity index (χ4v) is 4.72. The SMILES string of the molecule is Cc1ccc(S(=O)(=O)N(CC(=O)NN=C2CCCCCC2)c2ccccc2)cc1. The summed E-state index contributed by atoms with van der Waals surface area (Å²) in [5.74, 6) is -0.457. The Balaban J connectivity index is 1.81. The first kappa shape index (κ1) is 21.0. The van der Waals surface area contributed by atoms with Gasteiger partial charge in [-0.25, -0.2) is 13.8 Å². The van der Waals surface area contributed by atoms with Gasteiger partial charge in [-0.15, -0.1) is 0 Å². The van der Waals surface area contributed by atoms with Crippen LogP contribution in [0.15, 0.2) is 64.6 Å². The maximum atomic E-state index is 13.2. The van der Waals surface area contributed by atoms with Crippen LogP contribution in [-0.4, -0.2) is 26.6 Å². The van der Waals surface area contributed by atoms with E-state index >= 15 is 0 Å². The van der Waals surface area contributed by atoms with Gasteiger partial charge in [-0.1, -0.05) is 48.7 Å². The number of carbonyl (C=O) groups is 1. The van der Waals surface area contributed by atoms with E-state index in [-0.39, 0.29) is 11.4 Å². The van der Waals surface area contributed by atoms with E-state index in [4.69, 9.17) is 0 Å². The fraction of sp³-hybridized carbons (Fsp3) is 0.364. The van der Waals surface area contributed by atoms with E-state index in [0.717, 1.165) is 41.3 Å². The van der Waals surface area contributed by atoms with Gasteiger partial charge in [-0.2, -0.15) is 5.10 Å². The molecule has 0 heterocycles. The smallest absolute Gasteiger partial charge is 0.264 e. The van der Waals surface area contributed by atoms with Crippen molar-refractivity contribution >= 4 is 27.3 Å². The molecule has 0 radical (unpaired) electrons. The summed E-state index contributed by atoms with van der Waals surface area (Å²) in [7, 11) is -3.89. The van der Waals surface area contributed by atoms with Crippen LogP contribution in [0.1, 0.15) is 44.1 Å². The highest BCUT2D eigenvalue weighted by Gasteiger charge is 2.27. The molecule has 1 N–H and O–H groups in total. The van der Waals surface area contributed by atoms with Gasteiger partial charge < -0.3 is 0 Å². The molecule has 0 aromatic heterocycles. The van der Waals surface area contributed by atoms with E-state index in [0.29, 0.717) is 5.69 Å². The van der Waals surface area contributed by atoms with E-state index in [1.165, 1.54) is 12.8 Å². The number of hydrogen-bond donors (Lipinski definition) is 1. The molecule has 6 nitrogen and oxygen atoms in total. The van der Waals surface area contributed by atoms with Crippen LogP contribution >= 0.6 is 0 Å². The Hall–Kier alpha value is -2.67. The number of nitrogens with zero attached hydrogens (tertiary/aromatic N) is 2. The topological polar surface area (TPSA) is 78.8 Å². The first-order valence-electron chi connectivity index (χ1n) is 9.95. The number of benzene rings is 2. The van der Waals surface area contributed by atoms with Gasteiger partial charge >= 0.3 is 0 Å². The van der Waals surface area contributed by atoms with Crippen molar-refractivity contribution in [3.63, 3.8) is 0 Å². The molecule has 0 bridgehead atoms. The average Bonchev–Trinajstić information content (AvgIpc) is 3.00. The first-order valence-corrected chi connectivity index (χ1v) is 11.4. The van der Waals surface area contributed by atoms with Crippen LogP contribution in [-0.2, 0) is 14.8 Å². The van der Waals surface area contributed by atoms with E-state index in [9.17, 15) is 13.2 Å². The number of rotatable bonds is 6. The van der Waals surface area contributed by atoms with E-state index in [1.807, 2.05) is 6.92 Å². The van der Waals surface area contributed by atoms with Gasteiger partial charge in [0.05, 0.1) is 10.6 Å². The molecule has 1 amide bonds. The molecule has 0 atom stereocenters. The number of anilines is 1. The second kappa shape index (κ2) is 9.69. The zero-order chi connectivity index (χ0) is 20.7. The molecular weight excluding hydrogens is 386 g/mol. The molecule has 2 aromatic carbocycles. The van der Waals surface area contributed by atoms with Gasteiger partial charge in [0.2, 0.25) is 0 Å². The molecule has 3 rings (SSSR count). The molecule has 29 heavy (non-hydrogen) atoms. The van der Waals surface area contributed by atoms with Crippen LogP contribution in [0.5, 0.6) is 0 Å². The van der Waals surface area contributed by atoms with Gasteiger partial charge in [0, 0.05) is 5.71 Å². The molecule has 1 saturated carbocycles. The van der Waals surface area contributed by atoms with Gasteiger partial charge in [-0.05, 0) is 56.9 Å². The molecule has 1 fully saturated rings. The van der Waals surface area contributed by atoms with Crippen LogP contribution in [0.2, 0.25) is 0 Å². The Kier molecular flexibility index (Phi) is 7.04. The first-order chi connectivity index (χ1) is 14.0. The van der Waals surface area contributed by atoms with Crippen molar-refractivity contribution in [3.05, 3.63) is 60.2 Å². The normalized spacial score (nSPS) is 14.7. The van der Waals surface area contributed by atoms with Gasteiger partial charge in [-0.3, -0.25) is 9.10 Å². The summed E-state index contributed by atoms with van der Waals surface area (Å²) in [5, 5.41) is 4.25. The summed E-state index contributed by atoms with van der Waals surface area (Å²) in [6.45, 7) is 1.56. The number of nitrogens with one attached hydrogen (secondary N) is 1. The number of sulfonamides is 1. The summed E-state index contributed by atoms with van der Waals surface area (Å²) in [5.41, 5.74) is 4.93. The summed E-state index contributed by atoms with van der Waals surface area (Å²) < 4.78 is 27.6. The summed E-state index contributed by atoms with van der Waals surface area (Å²) in [4.78, 5) is 12.7. The van der Waals surface area contributed by atoms with E-state index in [1.54, 1.807) is 54.6 Å².